The fourth-order valence-electron chi connectivity index (χ4n) is 0.577. The van der Waals surface area contributed by atoms with Crippen LogP contribution in [-0.2, 0) is 0 Å². The van der Waals surface area contributed by atoms with Crippen LogP contribution in [0.4, 0.5) is 4.79 Å². The van der Waals surface area contributed by atoms with Gasteiger partial charge in [-0.15, -0.1) is 0 Å². The molecule has 0 amide bonds. The molecule has 0 radical (unpaired) electrons. The Hall–Kier alpha value is -0.730. The first-order valence-electron chi connectivity index (χ1n) is 3.42. The monoisotopic (exact) mass is 148 g/mol. The summed E-state index contributed by atoms with van der Waals surface area (Å²) in [6.45, 7) is 6.73. The van der Waals surface area contributed by atoms with Crippen LogP contribution in [0.1, 0.15) is 33.6 Å². The van der Waals surface area contributed by atoms with Crippen LogP contribution in [0.3, 0.4) is 0 Å². The van der Waals surface area contributed by atoms with Gasteiger partial charge in [-0.25, -0.2) is 4.79 Å². The molecule has 3 heteroatoms. The largest absolute Gasteiger partial charge is 0.503 e. The molecule has 0 unspecified atom stereocenters. The number of hydrogen-bond acceptors (Lipinski definition) is 1. The normalized spacial score (nSPS) is 8.40. The lowest BCUT2D eigenvalue weighted by atomic mass is 10.1. The molecule has 0 fully saturated rings. The Balaban J connectivity index is 0. The Morgan fingerprint density at radius 1 is 1.40 bits per heavy atom. The lowest BCUT2D eigenvalue weighted by Gasteiger charge is -1.95. The van der Waals surface area contributed by atoms with E-state index >= 15 is 0 Å². The average molecular weight is 148 g/mol. The zero-order chi connectivity index (χ0) is 8.57. The number of hydrogen-bond donors (Lipinski definition) is 2. The summed E-state index contributed by atoms with van der Waals surface area (Å²) >= 11 is 0. The molecule has 0 aliphatic heterocycles. The zero-order valence-electron chi connectivity index (χ0n) is 6.79. The fourth-order valence-corrected chi connectivity index (χ4v) is 0.577. The van der Waals surface area contributed by atoms with Gasteiger partial charge in [-0.3, -0.25) is 0 Å². The molecule has 0 aliphatic carbocycles. The van der Waals surface area contributed by atoms with Crippen LogP contribution in [-0.4, -0.2) is 16.4 Å². The molecule has 0 bridgehead atoms. The highest BCUT2D eigenvalue weighted by Gasteiger charge is 1.85. The molecule has 0 aromatic heterocycles. The summed E-state index contributed by atoms with van der Waals surface area (Å²) in [6, 6.07) is 0. The smallest absolute Gasteiger partial charge is 0.450 e. The van der Waals surface area contributed by atoms with Gasteiger partial charge < -0.3 is 10.2 Å². The van der Waals surface area contributed by atoms with Crippen LogP contribution < -0.4 is 0 Å². The zero-order valence-corrected chi connectivity index (χ0v) is 6.79. The number of rotatable bonds is 2. The number of carboxylic acid groups (broad SMARTS) is 2. The third-order valence-electron chi connectivity index (χ3n) is 0.866. The summed E-state index contributed by atoms with van der Waals surface area (Å²) in [6.07, 6.45) is 0.873. The molecule has 0 saturated carbocycles. The van der Waals surface area contributed by atoms with Crippen molar-refractivity contribution >= 4 is 6.16 Å². The van der Waals surface area contributed by atoms with Gasteiger partial charge in [0, 0.05) is 0 Å². The lowest BCUT2D eigenvalue weighted by molar-refractivity contribution is 0.137. The Bertz CT molecular complexity index is 74.9. The van der Waals surface area contributed by atoms with Crippen LogP contribution in [0.25, 0.3) is 0 Å². The predicted molar refractivity (Wildman–Crippen MR) is 40.4 cm³/mol. The second kappa shape index (κ2) is 8.27. The van der Waals surface area contributed by atoms with Gasteiger partial charge >= 0.3 is 6.16 Å². The average Bonchev–Trinajstić information content (AvgIpc) is 1.62. The molecule has 3 nitrogen and oxygen atoms in total. The minimum Gasteiger partial charge on any atom is -0.450 e. The molecule has 62 valence electrons. The van der Waals surface area contributed by atoms with Crippen molar-refractivity contribution < 1.29 is 15.0 Å². The molecule has 0 aromatic carbocycles. The topological polar surface area (TPSA) is 57.5 Å². The van der Waals surface area contributed by atoms with Crippen molar-refractivity contribution in [3.63, 3.8) is 0 Å². The maximum absolute atomic E-state index is 8.56. The summed E-state index contributed by atoms with van der Waals surface area (Å²) in [5.41, 5.74) is 0. The molecule has 10 heavy (non-hydrogen) atoms. The maximum Gasteiger partial charge on any atom is 0.503 e. The predicted octanol–water partition coefficient (Wildman–Crippen LogP) is 2.66. The lowest BCUT2D eigenvalue weighted by Crippen LogP contribution is -1.81. The SMILES string of the molecule is CCCC(C)C.O=C(O)O. The van der Waals surface area contributed by atoms with E-state index in [0.29, 0.717) is 0 Å². The van der Waals surface area contributed by atoms with Gasteiger partial charge in [0.25, 0.3) is 0 Å². The van der Waals surface area contributed by atoms with E-state index in [4.69, 9.17) is 15.0 Å². The van der Waals surface area contributed by atoms with Gasteiger partial charge in [0.1, 0.15) is 0 Å². The van der Waals surface area contributed by atoms with Crippen molar-refractivity contribution in [2.24, 2.45) is 5.92 Å². The van der Waals surface area contributed by atoms with Gasteiger partial charge in [-0.05, 0) is 5.92 Å². The molecular formula is C7H16O3. The maximum atomic E-state index is 8.56. The third-order valence-corrected chi connectivity index (χ3v) is 0.866. The first-order valence-corrected chi connectivity index (χ1v) is 3.42. The van der Waals surface area contributed by atoms with E-state index in [9.17, 15) is 0 Å². The first kappa shape index (κ1) is 12.0. The van der Waals surface area contributed by atoms with Gasteiger partial charge in [0.15, 0.2) is 0 Å². The van der Waals surface area contributed by atoms with Crippen molar-refractivity contribution in [2.75, 3.05) is 0 Å². The van der Waals surface area contributed by atoms with Crippen LogP contribution in [0.2, 0.25) is 0 Å². The van der Waals surface area contributed by atoms with Gasteiger partial charge in [-0.1, -0.05) is 33.6 Å². The molecule has 0 saturated heterocycles. The van der Waals surface area contributed by atoms with E-state index in [1.165, 1.54) is 12.8 Å². The highest BCUT2D eigenvalue weighted by Crippen LogP contribution is 2.00. The summed E-state index contributed by atoms with van der Waals surface area (Å²) in [5.74, 6) is 0.898. The Labute approximate surface area is 61.7 Å². The van der Waals surface area contributed by atoms with Crippen molar-refractivity contribution in [2.45, 2.75) is 33.6 Å². The molecule has 0 rings (SSSR count). The molecule has 0 atom stereocenters. The summed E-state index contributed by atoms with van der Waals surface area (Å²) in [7, 11) is 0. The first-order chi connectivity index (χ1) is 4.50. The Kier molecular flexibility index (Phi) is 9.92. The van der Waals surface area contributed by atoms with Crippen LogP contribution in [0.15, 0.2) is 0 Å². The van der Waals surface area contributed by atoms with E-state index in [-0.39, 0.29) is 0 Å². The molecule has 0 heterocycles. The highest BCUT2D eigenvalue weighted by molar-refractivity contribution is 5.53. The minimum absolute atomic E-state index is 0.898. The van der Waals surface area contributed by atoms with E-state index in [1.807, 2.05) is 0 Å². The highest BCUT2D eigenvalue weighted by atomic mass is 16.6. The molecule has 0 aliphatic rings. The van der Waals surface area contributed by atoms with E-state index in [0.717, 1.165) is 5.92 Å². The quantitative estimate of drug-likeness (QED) is 0.633. The molecule has 0 spiro atoms. The third kappa shape index (κ3) is 55.5. The van der Waals surface area contributed by atoms with E-state index < -0.39 is 6.16 Å². The van der Waals surface area contributed by atoms with Crippen LogP contribution in [0, 0.1) is 5.92 Å². The number of carbonyl (C=O) groups is 1. The van der Waals surface area contributed by atoms with E-state index in [1.54, 1.807) is 0 Å². The summed E-state index contributed by atoms with van der Waals surface area (Å²) in [4.78, 5) is 8.56. The van der Waals surface area contributed by atoms with Gasteiger partial charge in [0.05, 0.1) is 0 Å². The van der Waals surface area contributed by atoms with Gasteiger partial charge in [0.2, 0.25) is 0 Å². The van der Waals surface area contributed by atoms with E-state index in [2.05, 4.69) is 20.8 Å². The van der Waals surface area contributed by atoms with Crippen LogP contribution in [0.5, 0.6) is 0 Å². The van der Waals surface area contributed by atoms with Crippen LogP contribution >= 0.6 is 0 Å². The fraction of sp³-hybridized carbons (Fsp3) is 0.857. The minimum atomic E-state index is -1.83. The van der Waals surface area contributed by atoms with Crippen molar-refractivity contribution in [3.05, 3.63) is 0 Å². The molecular weight excluding hydrogens is 132 g/mol. The Morgan fingerprint density at radius 2 is 1.70 bits per heavy atom. The van der Waals surface area contributed by atoms with Gasteiger partial charge in [-0.2, -0.15) is 0 Å². The van der Waals surface area contributed by atoms with Crippen molar-refractivity contribution in [3.8, 4) is 0 Å². The second-order valence-electron chi connectivity index (χ2n) is 2.47. The summed E-state index contributed by atoms with van der Waals surface area (Å²) < 4.78 is 0. The van der Waals surface area contributed by atoms with Crippen molar-refractivity contribution in [1.82, 2.24) is 0 Å². The molecule has 0 aromatic rings. The standard InChI is InChI=1S/C6H14.CH2O3/c1-4-5-6(2)3;2-1(3)4/h6H,4-5H2,1-3H3;(H2,2,3,4). The molecule has 2 N–H and O–H groups in total. The Morgan fingerprint density at radius 3 is 1.70 bits per heavy atom. The summed E-state index contributed by atoms with van der Waals surface area (Å²) in [5, 5.41) is 13.9. The van der Waals surface area contributed by atoms with Crippen molar-refractivity contribution in [1.29, 1.82) is 0 Å². The second-order valence-corrected chi connectivity index (χ2v) is 2.47.